The van der Waals surface area contributed by atoms with E-state index in [0.29, 0.717) is 79.0 Å². The number of nitrogens with two attached hydrogens (primary N) is 2. The van der Waals surface area contributed by atoms with Crippen LogP contribution in [0.4, 0.5) is 36.7 Å². The number of benzene rings is 8. The van der Waals surface area contributed by atoms with Gasteiger partial charge in [0.15, 0.2) is 0 Å². The van der Waals surface area contributed by atoms with Crippen LogP contribution in [0, 0.1) is 51.0 Å². The van der Waals surface area contributed by atoms with Gasteiger partial charge in [0, 0.05) is 137 Å². The fourth-order valence-corrected chi connectivity index (χ4v) is 15.9. The van der Waals surface area contributed by atoms with Crippen LogP contribution in [-0.4, -0.2) is 185 Å². The van der Waals surface area contributed by atoms with Gasteiger partial charge in [0.2, 0.25) is 0 Å². The largest absolute Gasteiger partial charge is 0.379 e. The third-order valence-electron chi connectivity index (χ3n) is 22.7. The minimum Gasteiger partial charge on any atom is -0.379 e. The zero-order valence-corrected chi connectivity index (χ0v) is 72.2. The molecule has 2 aliphatic rings. The van der Waals surface area contributed by atoms with Gasteiger partial charge in [0.1, 0.15) is 23.3 Å². The highest BCUT2D eigenvalue weighted by Gasteiger charge is 2.22. The number of carbonyl (C=O) groups excluding carboxylic acids is 4. The number of pyridine rings is 4. The van der Waals surface area contributed by atoms with E-state index in [4.69, 9.17) is 16.2 Å². The minimum absolute atomic E-state index is 0.213. The summed E-state index contributed by atoms with van der Waals surface area (Å²) in [6.07, 6.45) is 20.0. The van der Waals surface area contributed by atoms with E-state index in [1.165, 1.54) is 75.3 Å². The molecule has 0 bridgehead atoms. The fraction of sp³-hybridized carbons (Fsp3) is 0.240. The van der Waals surface area contributed by atoms with E-state index >= 15 is 0 Å². The molecular weight excluding hydrogens is 1640 g/mol. The topological polar surface area (TPSA) is 307 Å². The molecular formula is C100H100F4N20O5. The number of hydrogen-bond donors (Lipinski definition) is 6. The molecule has 10 heterocycles. The van der Waals surface area contributed by atoms with Crippen LogP contribution in [0.2, 0.25) is 0 Å². The van der Waals surface area contributed by atoms with Gasteiger partial charge >= 0.3 is 24.1 Å². The summed E-state index contributed by atoms with van der Waals surface area (Å²) in [6.45, 7) is 17.7. The Hall–Kier alpha value is -14.4. The summed E-state index contributed by atoms with van der Waals surface area (Å²) in [6, 6.07) is 57.7. The molecule has 29 heteroatoms. The smallest absolute Gasteiger partial charge is 0.342 e. The van der Waals surface area contributed by atoms with Crippen molar-refractivity contribution in [1.82, 2.24) is 90.1 Å². The molecule has 18 rings (SSSR count). The summed E-state index contributed by atoms with van der Waals surface area (Å²) in [5.74, 6) is -0.952. The standard InChI is InChI=1S/C28H30FN5O.C27H28FN5O2.C23H22FN5O.C22H20FN5O/c1-20-17-22(8-10-25(20)29)27-24(7-5-12-30-27)21-9-11-26-23(18-21)19-32-34(26)28(35)31-13-6-16-33-14-3-2-4-15-33;1-19-16-21(5-7-24(19)28)26-23(4-2-9-29-26)20-6-8-25-22(17-20)18-31-33(25)27(34)30-10-3-11-32-12-14-35-15-13-32;1-15-12-17(5-7-20(15)24)22-19(4-2-10-26-22)16-6-8-21-18(13-16)14-28-29(21)23(30)27-11-3-9-25;1-14-11-16(4-6-19(14)23)21-18(3-2-9-25-21)15-5-7-20-17(12-15)13-27-28(20)22(29)26-10-8-24/h5,7-12,17-19H,2-4,6,13-16H2,1H3,(H,31,35);2,4-9,16-18H,3,10-15H2,1H3,(H,30,34);2,4-8,10,12-14H,3,9,11,25H2,1H3,(H,27,30);2-7,9,11-13H,8,10,24H2,1H3,(H,26,29). The number of likely N-dealkylation sites (tertiary alicyclic amines) is 1. The molecule has 0 atom stereocenters. The molecule has 4 amide bonds. The molecule has 2 aliphatic heterocycles. The number of piperidine rings is 1. The zero-order chi connectivity index (χ0) is 89.9. The van der Waals surface area contributed by atoms with Crippen molar-refractivity contribution in [3.8, 4) is 89.5 Å². The molecule has 129 heavy (non-hydrogen) atoms. The summed E-state index contributed by atoms with van der Waals surface area (Å²) in [5.41, 5.74) is 30.1. The monoisotopic (exact) mass is 1740 g/mol. The summed E-state index contributed by atoms with van der Waals surface area (Å²) >= 11 is 0. The Bertz CT molecular complexity index is 6490. The number of nitrogens with one attached hydrogen (secondary N) is 4. The van der Waals surface area contributed by atoms with Crippen LogP contribution in [0.1, 0.15) is 60.8 Å². The summed E-state index contributed by atoms with van der Waals surface area (Å²) < 4.78 is 65.9. The maximum absolute atomic E-state index is 13.8. The summed E-state index contributed by atoms with van der Waals surface area (Å²) in [7, 11) is 0. The Balaban J connectivity index is 0.000000133. The van der Waals surface area contributed by atoms with Crippen molar-refractivity contribution in [2.75, 3.05) is 91.8 Å². The lowest BCUT2D eigenvalue weighted by atomic mass is 9.97. The number of hydrogen-bond acceptors (Lipinski definition) is 17. The van der Waals surface area contributed by atoms with Crippen molar-refractivity contribution in [2.24, 2.45) is 11.5 Å². The van der Waals surface area contributed by atoms with Crippen molar-refractivity contribution in [2.45, 2.75) is 66.2 Å². The van der Waals surface area contributed by atoms with E-state index in [1.54, 1.807) is 120 Å². The molecule has 2 saturated heterocycles. The molecule has 2 fully saturated rings. The highest BCUT2D eigenvalue weighted by Crippen LogP contribution is 2.38. The van der Waals surface area contributed by atoms with Gasteiger partial charge < -0.3 is 42.4 Å². The second-order valence-corrected chi connectivity index (χ2v) is 31.7. The van der Waals surface area contributed by atoms with Crippen LogP contribution >= 0.6 is 0 Å². The first-order chi connectivity index (χ1) is 62.9. The quantitative estimate of drug-likeness (QED) is 0.0288. The SMILES string of the molecule is Cc1cc(-c2ncccc2-c2ccc3c(cnn3C(=O)NCCCN)c2)ccc1F.Cc1cc(-c2ncccc2-c2ccc3c(cnn3C(=O)NCCCN3CCCCC3)c2)ccc1F.Cc1cc(-c2ncccc2-c2ccc3c(cnn3C(=O)NCCCN3CCOCC3)c2)ccc1F.Cc1cc(-c2ncccc2-c2ccc3c(cnn3C(=O)NCCN)c2)ccc1F. The number of morpholine rings is 1. The van der Waals surface area contributed by atoms with E-state index < -0.39 is 0 Å². The van der Waals surface area contributed by atoms with Crippen LogP contribution in [0.3, 0.4) is 0 Å². The van der Waals surface area contributed by atoms with Crippen LogP contribution in [0.25, 0.3) is 133 Å². The highest BCUT2D eigenvalue weighted by molar-refractivity contribution is 5.98. The molecule has 658 valence electrons. The Morgan fingerprint density at radius 1 is 0.333 bits per heavy atom. The second kappa shape index (κ2) is 42.3. The van der Waals surface area contributed by atoms with Crippen molar-refractivity contribution >= 4 is 67.7 Å². The van der Waals surface area contributed by atoms with E-state index in [-0.39, 0.29) is 47.4 Å². The molecule has 8 aromatic heterocycles. The van der Waals surface area contributed by atoms with Crippen LogP contribution in [0.15, 0.2) is 244 Å². The maximum atomic E-state index is 13.8. The first-order valence-electron chi connectivity index (χ1n) is 43.2. The number of halogens is 4. The lowest BCUT2D eigenvalue weighted by Crippen LogP contribution is -2.38. The molecule has 8 aromatic carbocycles. The first-order valence-corrected chi connectivity index (χ1v) is 43.2. The molecule has 0 unspecified atom stereocenters. The molecule has 16 aromatic rings. The average molecular weight is 1740 g/mol. The lowest BCUT2D eigenvalue weighted by Gasteiger charge is -2.26. The van der Waals surface area contributed by atoms with Crippen molar-refractivity contribution in [3.63, 3.8) is 0 Å². The predicted octanol–water partition coefficient (Wildman–Crippen LogP) is 18.0. The average Bonchev–Trinajstić information content (AvgIpc) is 1.74. The number of rotatable bonds is 21. The normalized spacial score (nSPS) is 12.8. The van der Waals surface area contributed by atoms with E-state index in [2.05, 4.69) is 71.4 Å². The van der Waals surface area contributed by atoms with Gasteiger partial charge in [0.25, 0.3) is 0 Å². The Morgan fingerprint density at radius 3 is 0.899 bits per heavy atom. The van der Waals surface area contributed by atoms with Crippen LogP contribution in [0.5, 0.6) is 0 Å². The number of fused-ring (bicyclic) bond motifs is 4. The number of carbonyl (C=O) groups is 4. The summed E-state index contributed by atoms with van der Waals surface area (Å²) in [4.78, 5) is 73.1. The van der Waals surface area contributed by atoms with Gasteiger partial charge in [-0.25, -0.2) is 36.7 Å². The van der Waals surface area contributed by atoms with Gasteiger partial charge in [-0.3, -0.25) is 24.8 Å². The molecule has 25 nitrogen and oxygen atoms in total. The Morgan fingerprint density at radius 2 is 0.612 bits per heavy atom. The lowest BCUT2D eigenvalue weighted by molar-refractivity contribution is 0.0375. The highest BCUT2D eigenvalue weighted by atomic mass is 19.1. The van der Waals surface area contributed by atoms with Crippen LogP contribution < -0.4 is 32.7 Å². The van der Waals surface area contributed by atoms with Gasteiger partial charge in [-0.05, 0) is 283 Å². The van der Waals surface area contributed by atoms with Crippen molar-refractivity contribution in [1.29, 1.82) is 0 Å². The van der Waals surface area contributed by atoms with Gasteiger partial charge in [-0.1, -0.05) is 55.0 Å². The van der Waals surface area contributed by atoms with Gasteiger partial charge in [-0.15, -0.1) is 0 Å². The number of amides is 4. The molecule has 0 spiro atoms. The summed E-state index contributed by atoms with van der Waals surface area (Å²) in [5, 5.41) is 32.0. The fourth-order valence-electron chi connectivity index (χ4n) is 15.9. The second-order valence-electron chi connectivity index (χ2n) is 31.7. The van der Waals surface area contributed by atoms with E-state index in [0.717, 1.165) is 174 Å². The van der Waals surface area contributed by atoms with Crippen molar-refractivity contribution < 1.29 is 41.5 Å². The number of aryl methyl sites for hydroxylation is 4. The number of nitrogens with zero attached hydrogens (tertiary/aromatic N) is 14. The number of ether oxygens (including phenoxy) is 1. The zero-order valence-electron chi connectivity index (χ0n) is 72.2. The molecule has 8 N–H and O–H groups in total. The minimum atomic E-state index is -0.318. The maximum Gasteiger partial charge on any atom is 0.342 e. The van der Waals surface area contributed by atoms with E-state index in [9.17, 15) is 36.7 Å². The molecule has 0 saturated carbocycles. The Labute approximate surface area is 743 Å². The van der Waals surface area contributed by atoms with Crippen molar-refractivity contribution in [3.05, 3.63) is 289 Å². The first kappa shape index (κ1) is 89.5. The third kappa shape index (κ3) is 21.5. The number of aromatic nitrogens is 12. The molecule has 0 aliphatic carbocycles. The molecule has 0 radical (unpaired) electrons. The van der Waals surface area contributed by atoms with Gasteiger partial charge in [0.05, 0.1) is 82.8 Å². The van der Waals surface area contributed by atoms with Crippen LogP contribution in [-0.2, 0) is 4.74 Å². The van der Waals surface area contributed by atoms with Gasteiger partial charge in [-0.2, -0.15) is 39.1 Å². The van der Waals surface area contributed by atoms with E-state index in [1.807, 2.05) is 127 Å². The Kier molecular flexibility index (Phi) is 29.3. The predicted molar refractivity (Wildman–Crippen MR) is 497 cm³/mol. The third-order valence-corrected chi connectivity index (χ3v) is 22.7.